The number of nitro groups is 1. The summed E-state index contributed by atoms with van der Waals surface area (Å²) in [5, 5.41) is 14.4. The molecule has 8 nitrogen and oxygen atoms in total. The fraction of sp³-hybridized carbons (Fsp3) is 0.320. The number of fused-ring (bicyclic) bond motifs is 2. The fourth-order valence-electron chi connectivity index (χ4n) is 4.93. The zero-order chi connectivity index (χ0) is 23.8. The molecule has 1 unspecified atom stereocenters. The molecule has 2 aromatic carbocycles. The molecule has 0 spiro atoms. The van der Waals surface area contributed by atoms with E-state index < -0.39 is 10.8 Å². The predicted molar refractivity (Wildman–Crippen MR) is 128 cm³/mol. The van der Waals surface area contributed by atoms with Crippen molar-refractivity contribution in [1.29, 1.82) is 0 Å². The lowest BCUT2D eigenvalue weighted by Gasteiger charge is -2.36. The summed E-state index contributed by atoms with van der Waals surface area (Å²) in [5.41, 5.74) is 0.649. The van der Waals surface area contributed by atoms with E-state index in [1.54, 1.807) is 12.1 Å². The zero-order valence-electron chi connectivity index (χ0n) is 18.6. The normalized spacial score (nSPS) is 21.9. The van der Waals surface area contributed by atoms with E-state index in [1.165, 1.54) is 43.2 Å². The highest BCUT2D eigenvalue weighted by Crippen LogP contribution is 2.36. The summed E-state index contributed by atoms with van der Waals surface area (Å²) in [7, 11) is 2.20. The van der Waals surface area contributed by atoms with Gasteiger partial charge in [-0.3, -0.25) is 14.9 Å². The number of halogens is 1. The number of hydrogen-bond donors (Lipinski definition) is 1. The Bertz CT molecular complexity index is 1210. The van der Waals surface area contributed by atoms with Crippen molar-refractivity contribution in [1.82, 2.24) is 4.90 Å². The molecule has 1 amide bonds. The molecule has 1 N–H and O–H groups in total. The SMILES string of the molecule is CN1[C@@H]2CC[C@H]1CC(Oc1ccc(NC(=O)c3ccc(-c4ccc(Cl)cc4[N+](=O)[O-])o3)cc1)C2. The van der Waals surface area contributed by atoms with Crippen LogP contribution >= 0.6 is 11.6 Å². The topological polar surface area (TPSA) is 97.8 Å². The lowest BCUT2D eigenvalue weighted by molar-refractivity contribution is -0.384. The number of rotatable bonds is 6. The highest BCUT2D eigenvalue weighted by atomic mass is 35.5. The number of nitrogens with zero attached hydrogens (tertiary/aromatic N) is 2. The summed E-state index contributed by atoms with van der Waals surface area (Å²) in [6.45, 7) is 0. The van der Waals surface area contributed by atoms with Gasteiger partial charge in [0.05, 0.1) is 10.5 Å². The van der Waals surface area contributed by atoms with Crippen LogP contribution in [0.5, 0.6) is 5.75 Å². The molecule has 3 aromatic rings. The minimum absolute atomic E-state index is 0.0429. The van der Waals surface area contributed by atoms with Gasteiger partial charge in [-0.1, -0.05) is 11.6 Å². The first-order valence-electron chi connectivity index (χ1n) is 11.2. The number of anilines is 1. The summed E-state index contributed by atoms with van der Waals surface area (Å²) >= 11 is 5.87. The Balaban J connectivity index is 1.23. The molecule has 2 aliphatic rings. The Morgan fingerprint density at radius 2 is 1.82 bits per heavy atom. The van der Waals surface area contributed by atoms with Gasteiger partial charge in [-0.15, -0.1) is 0 Å². The van der Waals surface area contributed by atoms with Crippen molar-refractivity contribution in [3.05, 3.63) is 75.5 Å². The highest BCUT2D eigenvalue weighted by molar-refractivity contribution is 6.30. The minimum atomic E-state index is -0.538. The molecule has 2 bridgehead atoms. The second-order valence-electron chi connectivity index (χ2n) is 8.82. The molecular weight excluding hydrogens is 458 g/mol. The van der Waals surface area contributed by atoms with E-state index in [0.717, 1.165) is 18.6 Å². The number of furan rings is 1. The van der Waals surface area contributed by atoms with Crippen molar-refractivity contribution in [2.24, 2.45) is 0 Å². The lowest BCUT2D eigenvalue weighted by atomic mass is 10.0. The second kappa shape index (κ2) is 9.12. The van der Waals surface area contributed by atoms with Crippen LogP contribution in [0.4, 0.5) is 11.4 Å². The zero-order valence-corrected chi connectivity index (χ0v) is 19.3. The Labute approximate surface area is 201 Å². The highest BCUT2D eigenvalue weighted by Gasteiger charge is 2.39. The Hall–Kier alpha value is -3.36. The van der Waals surface area contributed by atoms with E-state index in [4.69, 9.17) is 20.8 Å². The summed E-state index contributed by atoms with van der Waals surface area (Å²) in [6.07, 6.45) is 4.78. The fourth-order valence-corrected chi connectivity index (χ4v) is 5.09. The molecule has 9 heteroatoms. The first kappa shape index (κ1) is 22.4. The van der Waals surface area contributed by atoms with Crippen LogP contribution in [0.2, 0.25) is 5.02 Å². The van der Waals surface area contributed by atoms with E-state index in [-0.39, 0.29) is 33.9 Å². The molecule has 34 heavy (non-hydrogen) atoms. The molecule has 2 saturated heterocycles. The van der Waals surface area contributed by atoms with Gasteiger partial charge in [0.15, 0.2) is 5.76 Å². The molecule has 0 saturated carbocycles. The van der Waals surface area contributed by atoms with Crippen LogP contribution in [0.25, 0.3) is 11.3 Å². The number of benzene rings is 2. The largest absolute Gasteiger partial charge is 0.490 e. The van der Waals surface area contributed by atoms with E-state index in [1.807, 2.05) is 12.1 Å². The van der Waals surface area contributed by atoms with Crippen LogP contribution in [-0.4, -0.2) is 41.0 Å². The van der Waals surface area contributed by atoms with Gasteiger partial charge in [0, 0.05) is 28.9 Å². The molecule has 5 rings (SSSR count). The van der Waals surface area contributed by atoms with Gasteiger partial charge < -0.3 is 19.4 Å². The van der Waals surface area contributed by atoms with Crippen molar-refractivity contribution < 1.29 is 18.9 Å². The number of ether oxygens (including phenoxy) is 1. The Morgan fingerprint density at radius 3 is 2.50 bits per heavy atom. The Morgan fingerprint density at radius 1 is 1.12 bits per heavy atom. The second-order valence-corrected chi connectivity index (χ2v) is 9.26. The number of nitro benzene ring substituents is 1. The van der Waals surface area contributed by atoms with E-state index >= 15 is 0 Å². The first-order chi connectivity index (χ1) is 16.4. The van der Waals surface area contributed by atoms with Gasteiger partial charge in [0.25, 0.3) is 11.6 Å². The molecule has 3 atom stereocenters. The number of carbonyl (C=O) groups excluding carboxylic acids is 1. The third kappa shape index (κ3) is 4.51. The number of hydrogen-bond acceptors (Lipinski definition) is 6. The quantitative estimate of drug-likeness (QED) is 0.355. The standard InChI is InChI=1S/C25H24ClN3O5/c1-28-17-5-6-18(28)14-20(13-17)33-19-7-3-16(4-8-19)27-25(30)24-11-10-23(34-24)21-9-2-15(26)12-22(21)29(31)32/h2-4,7-12,17-18,20H,5-6,13-14H2,1H3,(H,27,30)/t17-,18+,20?. The van der Waals surface area contributed by atoms with Crippen LogP contribution in [0, 0.1) is 10.1 Å². The summed E-state index contributed by atoms with van der Waals surface area (Å²) in [6, 6.07) is 15.8. The van der Waals surface area contributed by atoms with E-state index in [0.29, 0.717) is 17.8 Å². The lowest BCUT2D eigenvalue weighted by Crippen LogP contribution is -2.43. The third-order valence-electron chi connectivity index (χ3n) is 6.72. The van der Waals surface area contributed by atoms with Crippen molar-refractivity contribution in [2.75, 3.05) is 12.4 Å². The van der Waals surface area contributed by atoms with Crippen molar-refractivity contribution in [2.45, 2.75) is 43.9 Å². The van der Waals surface area contributed by atoms with Crippen molar-refractivity contribution in [3.63, 3.8) is 0 Å². The first-order valence-corrected chi connectivity index (χ1v) is 11.6. The summed E-state index contributed by atoms with van der Waals surface area (Å²) < 4.78 is 11.8. The van der Waals surface area contributed by atoms with Crippen LogP contribution in [0.3, 0.4) is 0 Å². The predicted octanol–water partition coefficient (Wildman–Crippen LogP) is 5.76. The molecule has 1 aromatic heterocycles. The smallest absolute Gasteiger partial charge is 0.291 e. The number of amides is 1. The van der Waals surface area contributed by atoms with Crippen molar-refractivity contribution in [3.8, 4) is 17.1 Å². The minimum Gasteiger partial charge on any atom is -0.490 e. The Kier molecular flexibility index (Phi) is 6.02. The molecule has 0 radical (unpaired) electrons. The van der Waals surface area contributed by atoms with Crippen LogP contribution < -0.4 is 10.1 Å². The van der Waals surface area contributed by atoms with E-state index in [2.05, 4.69) is 17.3 Å². The molecule has 2 aliphatic heterocycles. The van der Waals surface area contributed by atoms with Gasteiger partial charge in [-0.2, -0.15) is 0 Å². The monoisotopic (exact) mass is 481 g/mol. The van der Waals surface area contributed by atoms with Crippen LogP contribution in [-0.2, 0) is 0 Å². The molecular formula is C25H24ClN3O5. The van der Waals surface area contributed by atoms with E-state index in [9.17, 15) is 14.9 Å². The number of piperidine rings is 1. The molecule has 176 valence electrons. The average Bonchev–Trinajstić information content (AvgIpc) is 3.37. The maximum atomic E-state index is 12.6. The van der Waals surface area contributed by atoms with Gasteiger partial charge in [-0.05, 0) is 81.3 Å². The van der Waals surface area contributed by atoms with Crippen LogP contribution in [0.1, 0.15) is 36.2 Å². The number of carbonyl (C=O) groups is 1. The summed E-state index contributed by atoms with van der Waals surface area (Å²) in [4.78, 5) is 25.9. The molecule has 0 aliphatic carbocycles. The van der Waals surface area contributed by atoms with Gasteiger partial charge in [0.2, 0.25) is 0 Å². The maximum absolute atomic E-state index is 12.6. The molecule has 3 heterocycles. The van der Waals surface area contributed by atoms with Gasteiger partial charge >= 0.3 is 0 Å². The molecule has 2 fully saturated rings. The van der Waals surface area contributed by atoms with Gasteiger partial charge in [-0.25, -0.2) is 0 Å². The third-order valence-corrected chi connectivity index (χ3v) is 6.96. The van der Waals surface area contributed by atoms with Crippen LogP contribution in [0.15, 0.2) is 59.0 Å². The number of nitrogens with one attached hydrogen (secondary N) is 1. The summed E-state index contributed by atoms with van der Waals surface area (Å²) in [5.74, 6) is 0.580. The maximum Gasteiger partial charge on any atom is 0.291 e. The van der Waals surface area contributed by atoms with Crippen molar-refractivity contribution >= 4 is 28.9 Å². The van der Waals surface area contributed by atoms with Gasteiger partial charge in [0.1, 0.15) is 17.6 Å². The average molecular weight is 482 g/mol.